The van der Waals surface area contributed by atoms with Crippen LogP contribution in [0.5, 0.6) is 0 Å². The van der Waals surface area contributed by atoms with Crippen LogP contribution in [-0.2, 0) is 0 Å². The standard InChI is InChI=1S/C3H6FN3/c1-7-2-5-6-3(7)4/h2-3,6H,1H3. The number of hydrogen-bond acceptors (Lipinski definition) is 3. The van der Waals surface area contributed by atoms with Gasteiger partial charge in [-0.25, -0.2) is 0 Å². The van der Waals surface area contributed by atoms with E-state index < -0.39 is 6.42 Å². The summed E-state index contributed by atoms with van der Waals surface area (Å²) < 4.78 is 12.0. The number of nitrogens with one attached hydrogen (secondary N) is 1. The molecule has 7 heavy (non-hydrogen) atoms. The minimum Gasteiger partial charge on any atom is -0.317 e. The average molecular weight is 103 g/mol. The molecule has 4 heteroatoms. The SMILES string of the molecule is CN1C=NNC1F. The molecule has 1 unspecified atom stereocenters. The van der Waals surface area contributed by atoms with Crippen LogP contribution in [0.25, 0.3) is 0 Å². The maximum absolute atomic E-state index is 12.0. The number of halogens is 1. The van der Waals surface area contributed by atoms with Crippen molar-refractivity contribution in [3.05, 3.63) is 0 Å². The summed E-state index contributed by atoms with van der Waals surface area (Å²) in [5, 5.41) is 3.42. The van der Waals surface area contributed by atoms with Gasteiger partial charge in [-0.2, -0.15) is 9.49 Å². The second kappa shape index (κ2) is 1.36. The smallest absolute Gasteiger partial charge is 0.262 e. The fraction of sp³-hybridized carbons (Fsp3) is 0.667. The molecule has 1 aliphatic heterocycles. The van der Waals surface area contributed by atoms with Crippen LogP contribution < -0.4 is 5.43 Å². The van der Waals surface area contributed by atoms with Gasteiger partial charge in [0.1, 0.15) is 6.34 Å². The lowest BCUT2D eigenvalue weighted by molar-refractivity contribution is 0.167. The Bertz CT molecular complexity index is 92.2. The third-order valence-electron chi connectivity index (χ3n) is 0.779. The third kappa shape index (κ3) is 0.629. The minimum atomic E-state index is -1.13. The summed E-state index contributed by atoms with van der Waals surface area (Å²) in [5.41, 5.74) is 2.20. The maximum Gasteiger partial charge on any atom is 0.262 e. The van der Waals surface area contributed by atoms with Crippen LogP contribution >= 0.6 is 0 Å². The molecule has 0 fully saturated rings. The van der Waals surface area contributed by atoms with Crippen molar-refractivity contribution in [3.8, 4) is 0 Å². The van der Waals surface area contributed by atoms with Crippen molar-refractivity contribution >= 4 is 6.34 Å². The fourth-order valence-corrected chi connectivity index (χ4v) is 0.336. The predicted octanol–water partition coefficient (Wildman–Crippen LogP) is -0.282. The van der Waals surface area contributed by atoms with E-state index in [0.29, 0.717) is 0 Å². The van der Waals surface area contributed by atoms with E-state index in [0.717, 1.165) is 0 Å². The first-order valence-electron chi connectivity index (χ1n) is 1.95. The van der Waals surface area contributed by atoms with Crippen LogP contribution in [-0.4, -0.2) is 24.7 Å². The molecule has 1 rings (SSSR count). The summed E-state index contributed by atoms with van der Waals surface area (Å²) in [5.74, 6) is 0. The zero-order valence-electron chi connectivity index (χ0n) is 3.93. The van der Waals surface area contributed by atoms with Crippen molar-refractivity contribution in [1.29, 1.82) is 0 Å². The first-order valence-corrected chi connectivity index (χ1v) is 1.95. The predicted molar refractivity (Wildman–Crippen MR) is 24.3 cm³/mol. The number of hydrogen-bond donors (Lipinski definition) is 1. The third-order valence-corrected chi connectivity index (χ3v) is 0.779. The van der Waals surface area contributed by atoms with Crippen molar-refractivity contribution in [2.45, 2.75) is 6.42 Å². The summed E-state index contributed by atoms with van der Waals surface area (Å²) in [4.78, 5) is 1.33. The van der Waals surface area contributed by atoms with Crippen LogP contribution in [0.3, 0.4) is 0 Å². The van der Waals surface area contributed by atoms with E-state index in [1.54, 1.807) is 7.05 Å². The number of hydrazone groups is 1. The Balaban J connectivity index is 2.45. The van der Waals surface area contributed by atoms with E-state index in [1.165, 1.54) is 11.2 Å². The van der Waals surface area contributed by atoms with Crippen LogP contribution in [0.15, 0.2) is 5.10 Å². The van der Waals surface area contributed by atoms with E-state index >= 15 is 0 Å². The second-order valence-corrected chi connectivity index (χ2v) is 1.37. The van der Waals surface area contributed by atoms with E-state index in [9.17, 15) is 4.39 Å². The van der Waals surface area contributed by atoms with Gasteiger partial charge in [0.05, 0.1) is 0 Å². The Morgan fingerprint density at radius 3 is 2.86 bits per heavy atom. The van der Waals surface area contributed by atoms with Crippen molar-refractivity contribution < 1.29 is 4.39 Å². The number of nitrogens with zero attached hydrogens (tertiary/aromatic N) is 2. The van der Waals surface area contributed by atoms with Gasteiger partial charge in [-0.05, 0) is 0 Å². The van der Waals surface area contributed by atoms with Crippen molar-refractivity contribution in [2.24, 2.45) is 5.10 Å². The molecule has 0 aliphatic carbocycles. The molecule has 1 atom stereocenters. The molecule has 1 N–H and O–H groups in total. The molecule has 0 aromatic heterocycles. The highest BCUT2D eigenvalue weighted by Gasteiger charge is 2.11. The fourth-order valence-electron chi connectivity index (χ4n) is 0.336. The Morgan fingerprint density at radius 1 is 2.00 bits per heavy atom. The van der Waals surface area contributed by atoms with Gasteiger partial charge in [-0.1, -0.05) is 0 Å². The van der Waals surface area contributed by atoms with E-state index in [4.69, 9.17) is 0 Å². The second-order valence-electron chi connectivity index (χ2n) is 1.37. The lowest BCUT2D eigenvalue weighted by atomic mass is 10.9. The maximum atomic E-state index is 12.0. The average Bonchev–Trinajstić information content (AvgIpc) is 1.91. The first-order chi connectivity index (χ1) is 3.30. The summed E-state index contributed by atoms with van der Waals surface area (Å²) >= 11 is 0. The molecule has 0 aromatic carbocycles. The molecule has 0 spiro atoms. The highest BCUT2D eigenvalue weighted by Crippen LogP contribution is 1.94. The largest absolute Gasteiger partial charge is 0.317 e. The van der Waals surface area contributed by atoms with Crippen LogP contribution in [0, 0.1) is 0 Å². The first kappa shape index (κ1) is 4.36. The highest BCUT2D eigenvalue weighted by atomic mass is 19.1. The lowest BCUT2D eigenvalue weighted by Crippen LogP contribution is -2.28. The van der Waals surface area contributed by atoms with Crippen molar-refractivity contribution in [3.63, 3.8) is 0 Å². The summed E-state index contributed by atoms with van der Waals surface area (Å²) in [7, 11) is 1.61. The van der Waals surface area contributed by atoms with E-state index in [-0.39, 0.29) is 0 Å². The summed E-state index contributed by atoms with van der Waals surface area (Å²) in [6.07, 6.45) is 0.269. The zero-order valence-corrected chi connectivity index (χ0v) is 3.93. The van der Waals surface area contributed by atoms with Gasteiger partial charge in [0.2, 0.25) is 0 Å². The van der Waals surface area contributed by atoms with Gasteiger partial charge in [0.15, 0.2) is 0 Å². The molecule has 0 saturated carbocycles. The molecular formula is C3H6FN3. The molecule has 1 aliphatic rings. The van der Waals surface area contributed by atoms with Crippen LogP contribution in [0.4, 0.5) is 4.39 Å². The minimum absolute atomic E-state index is 1.13. The molecule has 40 valence electrons. The summed E-state index contributed by atoms with van der Waals surface area (Å²) in [6.45, 7) is 0. The Kier molecular flexibility index (Phi) is 0.850. The number of rotatable bonds is 0. The lowest BCUT2D eigenvalue weighted by Gasteiger charge is -2.07. The molecule has 0 saturated heterocycles. The van der Waals surface area contributed by atoms with Crippen molar-refractivity contribution in [1.82, 2.24) is 10.3 Å². The molecule has 0 aromatic rings. The van der Waals surface area contributed by atoms with Gasteiger partial charge in [-0.3, -0.25) is 5.43 Å². The Labute approximate surface area is 40.8 Å². The highest BCUT2D eigenvalue weighted by molar-refractivity contribution is 5.55. The Hall–Kier alpha value is -0.800. The normalized spacial score (nSPS) is 28.3. The van der Waals surface area contributed by atoms with E-state index in [2.05, 4.69) is 10.5 Å². The molecule has 0 radical (unpaired) electrons. The number of alkyl halides is 1. The quantitative estimate of drug-likeness (QED) is 0.427. The molecule has 0 bridgehead atoms. The summed E-state index contributed by atoms with van der Waals surface area (Å²) in [6, 6.07) is 0. The molecule has 1 heterocycles. The Morgan fingerprint density at radius 2 is 2.71 bits per heavy atom. The van der Waals surface area contributed by atoms with Gasteiger partial charge in [0, 0.05) is 7.05 Å². The molecule has 0 amide bonds. The van der Waals surface area contributed by atoms with Gasteiger partial charge in [0.25, 0.3) is 6.42 Å². The van der Waals surface area contributed by atoms with Gasteiger partial charge in [-0.15, -0.1) is 0 Å². The monoisotopic (exact) mass is 103 g/mol. The van der Waals surface area contributed by atoms with Crippen LogP contribution in [0.1, 0.15) is 0 Å². The molecule has 3 nitrogen and oxygen atoms in total. The molecular weight excluding hydrogens is 97.1 g/mol. The van der Waals surface area contributed by atoms with Gasteiger partial charge >= 0.3 is 0 Å². The topological polar surface area (TPSA) is 27.6 Å². The van der Waals surface area contributed by atoms with Crippen LogP contribution in [0.2, 0.25) is 0 Å². The van der Waals surface area contributed by atoms with Gasteiger partial charge < -0.3 is 4.90 Å². The zero-order chi connectivity index (χ0) is 5.28. The van der Waals surface area contributed by atoms with Crippen molar-refractivity contribution in [2.75, 3.05) is 7.05 Å². The van der Waals surface area contributed by atoms with E-state index in [1.807, 2.05) is 0 Å².